The fraction of sp³-hybridized carbons (Fsp3) is 0.588. The summed E-state index contributed by atoms with van der Waals surface area (Å²) in [6.45, 7) is 4.54. The largest absolute Gasteiger partial charge is 0.269 e. The Bertz CT molecular complexity index is 998. The van der Waals surface area contributed by atoms with E-state index in [0.29, 0.717) is 23.0 Å². The summed E-state index contributed by atoms with van der Waals surface area (Å²) in [7, 11) is 0. The lowest BCUT2D eigenvalue weighted by Gasteiger charge is -2.29. The quantitative estimate of drug-likeness (QED) is 0.245. The van der Waals surface area contributed by atoms with E-state index in [1.165, 1.54) is 101 Å². The Labute approximate surface area is 230 Å². The van der Waals surface area contributed by atoms with Crippen LogP contribution in [0.4, 0.5) is 0 Å². The van der Waals surface area contributed by atoms with E-state index >= 15 is 0 Å². The van der Waals surface area contributed by atoms with Gasteiger partial charge >= 0.3 is 0 Å². The van der Waals surface area contributed by atoms with Gasteiger partial charge in [0.1, 0.15) is 0 Å². The number of carbonyl (C=O) groups excluding carboxylic acids is 2. The monoisotopic (exact) mass is 516 g/mol. The summed E-state index contributed by atoms with van der Waals surface area (Å²) >= 11 is 0. The maximum absolute atomic E-state index is 12.6. The first-order chi connectivity index (χ1) is 18.6. The van der Waals surface area contributed by atoms with Crippen molar-refractivity contribution >= 4 is 11.8 Å². The maximum Gasteiger partial charge on any atom is 0.269 e. The second-order valence-electron chi connectivity index (χ2n) is 11.9. The zero-order chi connectivity index (χ0) is 26.7. The fourth-order valence-electron chi connectivity index (χ4n) is 6.73. The molecule has 2 aliphatic rings. The zero-order valence-electron chi connectivity index (χ0n) is 23.6. The van der Waals surface area contributed by atoms with Crippen molar-refractivity contribution in [3.63, 3.8) is 0 Å². The van der Waals surface area contributed by atoms with Crippen LogP contribution in [0.15, 0.2) is 48.5 Å². The average Bonchev–Trinajstić information content (AvgIpc) is 2.97. The van der Waals surface area contributed by atoms with Crippen molar-refractivity contribution in [2.24, 2.45) is 11.8 Å². The molecule has 2 amide bonds. The molecule has 4 rings (SSSR count). The molecule has 206 valence electrons. The van der Waals surface area contributed by atoms with Gasteiger partial charge in [-0.25, -0.2) is 0 Å². The van der Waals surface area contributed by atoms with Crippen molar-refractivity contribution in [1.29, 1.82) is 0 Å². The summed E-state index contributed by atoms with van der Waals surface area (Å²) in [5.74, 6) is 2.41. The van der Waals surface area contributed by atoms with Crippen molar-refractivity contribution in [3.05, 3.63) is 70.8 Å². The maximum atomic E-state index is 12.6. The number of hydrogen-bond acceptors (Lipinski definition) is 2. The van der Waals surface area contributed by atoms with E-state index in [9.17, 15) is 9.59 Å². The number of hydrazine groups is 1. The van der Waals surface area contributed by atoms with Gasteiger partial charge in [0, 0.05) is 11.1 Å². The van der Waals surface area contributed by atoms with Gasteiger partial charge in [-0.2, -0.15) is 0 Å². The third-order valence-electron chi connectivity index (χ3n) is 9.18. The lowest BCUT2D eigenvalue weighted by molar-refractivity contribution is 0.0846. The molecule has 2 N–H and O–H groups in total. The SMILES string of the molecule is CCCCCC1CCC(c2ccc(C(=O)NNC(=O)c3ccc(C4CCC(CCC)CC4)cc3)cc2)CC1. The minimum Gasteiger partial charge on any atom is -0.267 e. The molecule has 0 bridgehead atoms. The Kier molecular flexibility index (Phi) is 10.8. The molecule has 4 nitrogen and oxygen atoms in total. The van der Waals surface area contributed by atoms with Crippen molar-refractivity contribution in [1.82, 2.24) is 10.9 Å². The summed E-state index contributed by atoms with van der Waals surface area (Å²) in [5.41, 5.74) is 8.95. The molecule has 0 aromatic heterocycles. The molecule has 0 spiro atoms. The first-order valence-electron chi connectivity index (χ1n) is 15.4. The number of unbranched alkanes of at least 4 members (excludes halogenated alkanes) is 2. The Hall–Kier alpha value is -2.62. The van der Waals surface area contributed by atoms with E-state index in [1.54, 1.807) is 0 Å². The van der Waals surface area contributed by atoms with Gasteiger partial charge in [0.25, 0.3) is 11.8 Å². The van der Waals surface area contributed by atoms with Gasteiger partial charge in [-0.15, -0.1) is 0 Å². The molecule has 0 radical (unpaired) electrons. The number of carbonyl (C=O) groups is 2. The van der Waals surface area contributed by atoms with Crippen LogP contribution in [0, 0.1) is 11.8 Å². The standard InChI is InChI=1S/C34H48N2O2/c1-3-5-6-8-26-11-15-28(16-12-26)30-19-23-32(24-20-30)34(38)36-35-33(37)31-21-17-29(18-22-31)27-13-9-25(7-4-2)10-14-27/h17-28H,3-16H2,1-2H3,(H,35,37)(H,36,38). The minimum atomic E-state index is -0.288. The molecule has 0 saturated heterocycles. The van der Waals surface area contributed by atoms with Crippen molar-refractivity contribution < 1.29 is 9.59 Å². The smallest absolute Gasteiger partial charge is 0.267 e. The van der Waals surface area contributed by atoms with E-state index < -0.39 is 0 Å². The molecule has 4 heteroatoms. The molecule has 0 aliphatic heterocycles. The Morgan fingerprint density at radius 2 is 1.00 bits per heavy atom. The van der Waals surface area contributed by atoms with Crippen LogP contribution < -0.4 is 10.9 Å². The lowest BCUT2D eigenvalue weighted by atomic mass is 9.77. The highest BCUT2D eigenvalue weighted by molar-refractivity contribution is 5.99. The fourth-order valence-corrected chi connectivity index (χ4v) is 6.73. The predicted molar refractivity (Wildman–Crippen MR) is 156 cm³/mol. The average molecular weight is 517 g/mol. The lowest BCUT2D eigenvalue weighted by Crippen LogP contribution is -2.41. The Morgan fingerprint density at radius 1 is 0.579 bits per heavy atom. The third-order valence-corrected chi connectivity index (χ3v) is 9.18. The molecule has 0 unspecified atom stereocenters. The number of hydrogen-bond donors (Lipinski definition) is 2. The zero-order valence-corrected chi connectivity index (χ0v) is 23.6. The highest BCUT2D eigenvalue weighted by Crippen LogP contribution is 2.38. The molecule has 2 aromatic carbocycles. The van der Waals surface area contributed by atoms with Crippen molar-refractivity contribution in [2.45, 2.75) is 116 Å². The summed E-state index contributed by atoms with van der Waals surface area (Å²) in [6.07, 6.45) is 18.3. The number of rotatable bonds is 10. The summed E-state index contributed by atoms with van der Waals surface area (Å²) in [4.78, 5) is 25.3. The van der Waals surface area contributed by atoms with Crippen LogP contribution in [-0.4, -0.2) is 11.8 Å². The summed E-state index contributed by atoms with van der Waals surface area (Å²) in [6, 6.07) is 15.9. The van der Waals surface area contributed by atoms with Crippen LogP contribution >= 0.6 is 0 Å². The van der Waals surface area contributed by atoms with E-state index in [4.69, 9.17) is 0 Å². The molecule has 2 aromatic rings. The second-order valence-corrected chi connectivity index (χ2v) is 11.9. The van der Waals surface area contributed by atoms with Crippen LogP contribution in [0.1, 0.15) is 147 Å². The van der Waals surface area contributed by atoms with Crippen LogP contribution in [0.25, 0.3) is 0 Å². The van der Waals surface area contributed by atoms with Crippen LogP contribution in [0.5, 0.6) is 0 Å². The van der Waals surface area contributed by atoms with E-state index in [1.807, 2.05) is 24.3 Å². The molecule has 0 atom stereocenters. The number of amides is 2. The Balaban J connectivity index is 1.20. The van der Waals surface area contributed by atoms with E-state index in [0.717, 1.165) is 11.8 Å². The van der Waals surface area contributed by atoms with E-state index in [2.05, 4.69) is 49.0 Å². The van der Waals surface area contributed by atoms with Gasteiger partial charge in [0.05, 0.1) is 0 Å². The first-order valence-corrected chi connectivity index (χ1v) is 15.4. The summed E-state index contributed by atoms with van der Waals surface area (Å²) in [5, 5.41) is 0. The van der Waals surface area contributed by atoms with Crippen molar-refractivity contribution in [2.75, 3.05) is 0 Å². The molecule has 2 aliphatic carbocycles. The van der Waals surface area contributed by atoms with Gasteiger partial charge in [-0.05, 0) is 110 Å². The van der Waals surface area contributed by atoms with Gasteiger partial charge in [0.2, 0.25) is 0 Å². The summed E-state index contributed by atoms with van der Waals surface area (Å²) < 4.78 is 0. The van der Waals surface area contributed by atoms with Crippen molar-refractivity contribution in [3.8, 4) is 0 Å². The molecule has 2 fully saturated rings. The second kappa shape index (κ2) is 14.5. The van der Waals surface area contributed by atoms with Crippen LogP contribution in [0.3, 0.4) is 0 Å². The van der Waals surface area contributed by atoms with Gasteiger partial charge < -0.3 is 0 Å². The number of benzene rings is 2. The highest BCUT2D eigenvalue weighted by Gasteiger charge is 2.23. The molecular formula is C34H48N2O2. The molecular weight excluding hydrogens is 468 g/mol. The normalized spacial score (nSPS) is 23.5. The number of nitrogens with one attached hydrogen (secondary N) is 2. The first kappa shape index (κ1) is 28.4. The highest BCUT2D eigenvalue weighted by atomic mass is 16.2. The van der Waals surface area contributed by atoms with Crippen LogP contribution in [-0.2, 0) is 0 Å². The van der Waals surface area contributed by atoms with Gasteiger partial charge in [0.15, 0.2) is 0 Å². The minimum absolute atomic E-state index is 0.287. The molecule has 2 saturated carbocycles. The van der Waals surface area contributed by atoms with Gasteiger partial charge in [-0.1, -0.05) is 76.6 Å². The van der Waals surface area contributed by atoms with Gasteiger partial charge in [-0.3, -0.25) is 20.4 Å². The molecule has 0 heterocycles. The molecule has 38 heavy (non-hydrogen) atoms. The van der Waals surface area contributed by atoms with Crippen LogP contribution in [0.2, 0.25) is 0 Å². The Morgan fingerprint density at radius 3 is 1.39 bits per heavy atom. The predicted octanol–water partition coefficient (Wildman–Crippen LogP) is 8.69. The topological polar surface area (TPSA) is 58.2 Å². The third kappa shape index (κ3) is 7.94. The van der Waals surface area contributed by atoms with E-state index in [-0.39, 0.29) is 11.8 Å².